The lowest BCUT2D eigenvalue weighted by molar-refractivity contribution is 0.248. The lowest BCUT2D eigenvalue weighted by Gasteiger charge is -1.95. The van der Waals surface area contributed by atoms with Crippen molar-refractivity contribution in [3.05, 3.63) is 29.8 Å². The molecule has 0 heterocycles. The summed E-state index contributed by atoms with van der Waals surface area (Å²) in [7, 11) is -4.02. The minimum absolute atomic E-state index is 0.0666. The number of carbonyl (C=O) groups is 1. The van der Waals surface area contributed by atoms with Crippen LogP contribution in [0.1, 0.15) is 5.56 Å². The summed E-state index contributed by atoms with van der Waals surface area (Å²) >= 11 is 5.51. The summed E-state index contributed by atoms with van der Waals surface area (Å²) in [6.07, 6.45) is 1.77. The largest absolute Gasteiger partial charge is 0.375 e. The minimum atomic E-state index is -4.02. The summed E-state index contributed by atoms with van der Waals surface area (Å²) < 4.78 is 29.6. The van der Waals surface area contributed by atoms with Gasteiger partial charge in [0.25, 0.3) is 10.1 Å². The standard InChI is InChI=1S/C7H8O3S.C2H7N3OS.CH5N3S/c1-6-2-4-7(5-3-6)11(8,9)10;1-7-5-4-2(3)6;2-1(5)4-3/h2-5H,1H3,(H,8,9,10);5H,1H3,(H3,3,4,6);3H2,(H3,2,4,5). The van der Waals surface area contributed by atoms with Gasteiger partial charge in [-0.2, -0.15) is 13.2 Å². The Labute approximate surface area is 144 Å². The zero-order valence-electron chi connectivity index (χ0n) is 12.4. The summed E-state index contributed by atoms with van der Waals surface area (Å²) in [5, 5.41) is 0.116. The lowest BCUT2D eigenvalue weighted by atomic mass is 10.2. The number of primary amides is 1. The molecule has 0 aromatic heterocycles. The molecule has 10 N–H and O–H groups in total. The third kappa shape index (κ3) is 16.6. The van der Waals surface area contributed by atoms with Crippen LogP contribution in [-0.2, 0) is 10.1 Å². The Morgan fingerprint density at radius 1 is 1.26 bits per heavy atom. The maximum absolute atomic E-state index is 10.5. The van der Waals surface area contributed by atoms with Gasteiger partial charge in [-0.3, -0.25) is 9.98 Å². The molecule has 13 heteroatoms. The number of carbonyl (C=O) groups excluding carboxylic acids is 1. The van der Waals surface area contributed by atoms with Crippen LogP contribution in [0.5, 0.6) is 0 Å². The maximum atomic E-state index is 10.5. The molecule has 1 rings (SSSR count). The predicted molar refractivity (Wildman–Crippen MR) is 94.5 cm³/mol. The van der Waals surface area contributed by atoms with E-state index in [0.717, 1.165) is 5.56 Å². The Balaban J connectivity index is 0. The number of amides is 2. The number of aryl methyl sites for hydroxylation is 1. The van der Waals surface area contributed by atoms with E-state index in [1.807, 2.05) is 12.3 Å². The first-order valence-electron chi connectivity index (χ1n) is 5.68. The highest BCUT2D eigenvalue weighted by Crippen LogP contribution is 2.08. The molecule has 1 aromatic rings. The van der Waals surface area contributed by atoms with Gasteiger partial charge in [-0.15, -0.1) is 0 Å². The first-order chi connectivity index (χ1) is 10.5. The van der Waals surface area contributed by atoms with Gasteiger partial charge < -0.3 is 16.9 Å². The normalized spacial score (nSPS) is 9.39. The first kappa shape index (κ1) is 23.6. The van der Waals surface area contributed by atoms with Crippen molar-refractivity contribution in [3.8, 4) is 0 Å². The van der Waals surface area contributed by atoms with E-state index >= 15 is 0 Å². The number of urea groups is 1. The molecule has 0 radical (unpaired) electrons. The van der Waals surface area contributed by atoms with Crippen LogP contribution < -0.4 is 33.0 Å². The highest BCUT2D eigenvalue weighted by molar-refractivity contribution is 7.96. The number of benzene rings is 1. The molecule has 0 atom stereocenters. The first-order valence-corrected chi connectivity index (χ1v) is 8.75. The molecule has 0 saturated heterocycles. The second-order valence-electron chi connectivity index (χ2n) is 3.59. The Kier molecular flexibility index (Phi) is 13.2. The van der Waals surface area contributed by atoms with E-state index in [2.05, 4.69) is 34.1 Å². The molecule has 0 fully saturated rings. The number of hydrogen-bond acceptors (Lipinski definition) is 7. The summed E-state index contributed by atoms with van der Waals surface area (Å²) in [6.45, 7) is 1.84. The van der Waals surface area contributed by atoms with Crippen molar-refractivity contribution in [2.24, 2.45) is 17.3 Å². The van der Waals surface area contributed by atoms with Crippen molar-refractivity contribution in [1.82, 2.24) is 15.7 Å². The maximum Gasteiger partial charge on any atom is 0.327 e. The number of rotatable bonds is 3. The molecule has 0 aliphatic rings. The van der Waals surface area contributed by atoms with E-state index in [4.69, 9.17) is 10.3 Å². The summed E-state index contributed by atoms with van der Waals surface area (Å²) in [5.74, 6) is 4.66. The average molecular weight is 385 g/mol. The van der Waals surface area contributed by atoms with Crippen LogP contribution in [0.2, 0.25) is 0 Å². The van der Waals surface area contributed by atoms with Crippen LogP contribution >= 0.6 is 24.2 Å². The van der Waals surface area contributed by atoms with Gasteiger partial charge in [-0.05, 0) is 37.5 Å². The Morgan fingerprint density at radius 3 is 1.91 bits per heavy atom. The van der Waals surface area contributed by atoms with E-state index < -0.39 is 16.1 Å². The highest BCUT2D eigenvalue weighted by atomic mass is 32.2. The van der Waals surface area contributed by atoms with Crippen LogP contribution in [0.15, 0.2) is 29.2 Å². The molecule has 0 spiro atoms. The van der Waals surface area contributed by atoms with Gasteiger partial charge in [0.2, 0.25) is 0 Å². The van der Waals surface area contributed by atoms with E-state index in [9.17, 15) is 13.2 Å². The van der Waals surface area contributed by atoms with E-state index in [1.165, 1.54) is 24.1 Å². The molecule has 1 aromatic carbocycles. The predicted octanol–water partition coefficient (Wildman–Crippen LogP) is -0.628. The Morgan fingerprint density at radius 2 is 1.70 bits per heavy atom. The number of thiocarbonyl (C=S) groups is 1. The van der Waals surface area contributed by atoms with Gasteiger partial charge in [-0.25, -0.2) is 10.6 Å². The van der Waals surface area contributed by atoms with Crippen molar-refractivity contribution in [2.45, 2.75) is 11.8 Å². The second-order valence-corrected chi connectivity index (χ2v) is 6.07. The van der Waals surface area contributed by atoms with Gasteiger partial charge in [0.1, 0.15) is 0 Å². The van der Waals surface area contributed by atoms with Crippen molar-refractivity contribution < 1.29 is 17.8 Å². The summed E-state index contributed by atoms with van der Waals surface area (Å²) in [5.41, 5.74) is 14.6. The lowest BCUT2D eigenvalue weighted by Crippen LogP contribution is -2.36. The molecular formula is C10H20N6O4S3. The summed E-state index contributed by atoms with van der Waals surface area (Å²) in [6, 6.07) is 5.41. The quantitative estimate of drug-likeness (QED) is 0.116. The fourth-order valence-corrected chi connectivity index (χ4v) is 1.49. The van der Waals surface area contributed by atoms with Crippen molar-refractivity contribution in [1.29, 1.82) is 0 Å². The van der Waals surface area contributed by atoms with Crippen molar-refractivity contribution in [3.63, 3.8) is 0 Å². The van der Waals surface area contributed by atoms with Crippen molar-refractivity contribution >= 4 is 45.4 Å². The minimum Gasteiger partial charge on any atom is -0.375 e. The van der Waals surface area contributed by atoms with Crippen molar-refractivity contribution in [2.75, 3.05) is 6.26 Å². The highest BCUT2D eigenvalue weighted by Gasteiger charge is 2.06. The van der Waals surface area contributed by atoms with Gasteiger partial charge in [-0.1, -0.05) is 29.6 Å². The molecule has 0 aliphatic carbocycles. The van der Waals surface area contributed by atoms with E-state index in [0.29, 0.717) is 0 Å². The number of hydrazine groups is 2. The van der Waals surface area contributed by atoms with Gasteiger partial charge in [0.05, 0.1) is 4.90 Å². The fourth-order valence-electron chi connectivity index (χ4n) is 0.812. The third-order valence-corrected chi connectivity index (χ3v) is 3.03. The zero-order chi connectivity index (χ0) is 18.5. The van der Waals surface area contributed by atoms with Crippen LogP contribution in [0.25, 0.3) is 0 Å². The molecule has 0 aliphatic heterocycles. The molecule has 10 nitrogen and oxygen atoms in total. The summed E-state index contributed by atoms with van der Waals surface area (Å²) in [4.78, 5) is 12.2. The smallest absolute Gasteiger partial charge is 0.327 e. The third-order valence-electron chi connectivity index (χ3n) is 1.74. The number of hydrogen-bond donors (Lipinski definition) is 7. The van der Waals surface area contributed by atoms with Crippen LogP contribution in [0.3, 0.4) is 0 Å². The molecule has 0 saturated carbocycles. The molecule has 0 unspecified atom stereocenters. The van der Waals surface area contributed by atoms with E-state index in [-0.39, 0.29) is 10.0 Å². The van der Waals surface area contributed by atoms with Crippen LogP contribution in [0, 0.1) is 6.92 Å². The van der Waals surface area contributed by atoms with Gasteiger partial charge in [0.15, 0.2) is 5.11 Å². The topological polar surface area (TPSA) is 186 Å². The van der Waals surface area contributed by atoms with Crippen LogP contribution in [0.4, 0.5) is 4.79 Å². The molecular weight excluding hydrogens is 364 g/mol. The number of nitrogens with one attached hydrogen (secondary N) is 3. The SMILES string of the molecule is CSNNC(N)=O.Cc1ccc(S(=O)(=O)O)cc1.NNC(N)=S. The van der Waals surface area contributed by atoms with Gasteiger partial charge in [0, 0.05) is 0 Å². The number of nitrogens with two attached hydrogens (primary N) is 3. The average Bonchev–Trinajstić information content (AvgIpc) is 2.45. The zero-order valence-corrected chi connectivity index (χ0v) is 14.9. The van der Waals surface area contributed by atoms with E-state index in [1.54, 1.807) is 18.4 Å². The Bertz CT molecular complexity index is 579. The second kappa shape index (κ2) is 12.9. The molecule has 23 heavy (non-hydrogen) atoms. The van der Waals surface area contributed by atoms with Gasteiger partial charge >= 0.3 is 6.03 Å². The fraction of sp³-hybridized carbons (Fsp3) is 0.200. The molecule has 132 valence electrons. The Hall–Kier alpha value is -1.64. The monoisotopic (exact) mass is 384 g/mol. The van der Waals surface area contributed by atoms with Crippen LogP contribution in [-0.4, -0.2) is 30.4 Å². The molecule has 0 bridgehead atoms. The molecule has 2 amide bonds.